The molecule has 0 amide bonds. The summed E-state index contributed by atoms with van der Waals surface area (Å²) in [6, 6.07) is 16.0. The highest BCUT2D eigenvalue weighted by Crippen LogP contribution is 2.26. The maximum Gasteiger partial charge on any atom is 0.243 e. The van der Waals surface area contributed by atoms with Gasteiger partial charge in [0.2, 0.25) is 10.0 Å². The molecule has 0 unspecified atom stereocenters. The molecule has 0 aliphatic carbocycles. The number of benzene rings is 2. The van der Waals surface area contributed by atoms with Crippen molar-refractivity contribution in [2.75, 3.05) is 26.2 Å². The zero-order valence-electron chi connectivity index (χ0n) is 16.0. The lowest BCUT2D eigenvalue weighted by Gasteiger charge is -2.36. The predicted molar refractivity (Wildman–Crippen MR) is 108 cm³/mol. The van der Waals surface area contributed by atoms with Crippen LogP contribution in [0.3, 0.4) is 0 Å². The molecular formula is C22H28N2O2S. The zero-order chi connectivity index (χ0) is 18.9. The van der Waals surface area contributed by atoms with Crippen molar-refractivity contribution in [2.24, 2.45) is 5.92 Å². The molecule has 0 radical (unpaired) electrons. The van der Waals surface area contributed by atoms with E-state index in [4.69, 9.17) is 0 Å². The Labute approximate surface area is 162 Å². The predicted octanol–water partition coefficient (Wildman–Crippen LogP) is 3.45. The first-order chi connectivity index (χ1) is 13.0. The first kappa shape index (κ1) is 18.7. The van der Waals surface area contributed by atoms with Crippen LogP contribution in [-0.2, 0) is 23.0 Å². The largest absolute Gasteiger partial charge is 0.298 e. The number of nitrogens with zero attached hydrogens (tertiary/aromatic N) is 2. The van der Waals surface area contributed by atoms with E-state index in [1.165, 1.54) is 11.1 Å². The van der Waals surface area contributed by atoms with Gasteiger partial charge in [-0.1, -0.05) is 36.4 Å². The zero-order valence-corrected chi connectivity index (χ0v) is 16.8. The average Bonchev–Trinajstić information content (AvgIpc) is 2.68. The van der Waals surface area contributed by atoms with E-state index < -0.39 is 10.0 Å². The lowest BCUT2D eigenvalue weighted by Crippen LogP contribution is -2.42. The average molecular weight is 385 g/mol. The molecule has 0 aromatic heterocycles. The SMILES string of the molecule is Cc1cccc(S(=O)(=O)N2CCC(CN3CCc4ccccc4C3)CC2)c1. The highest BCUT2D eigenvalue weighted by molar-refractivity contribution is 7.89. The lowest BCUT2D eigenvalue weighted by molar-refractivity contribution is 0.171. The maximum absolute atomic E-state index is 12.9. The summed E-state index contributed by atoms with van der Waals surface area (Å²) in [5.74, 6) is 0.583. The summed E-state index contributed by atoms with van der Waals surface area (Å²) < 4.78 is 27.4. The Kier molecular flexibility index (Phi) is 5.35. The van der Waals surface area contributed by atoms with Gasteiger partial charge >= 0.3 is 0 Å². The number of aryl methyl sites for hydroxylation is 1. The Morgan fingerprint density at radius 2 is 1.70 bits per heavy atom. The monoisotopic (exact) mass is 384 g/mol. The molecule has 1 saturated heterocycles. The Morgan fingerprint density at radius 3 is 2.44 bits per heavy atom. The standard InChI is InChI=1S/C22H28N2O2S/c1-18-5-4-8-22(15-18)27(25,26)24-13-9-19(10-14-24)16-23-12-11-20-6-2-3-7-21(20)17-23/h2-8,15,19H,9-14,16-17H2,1H3. The number of sulfonamides is 1. The quantitative estimate of drug-likeness (QED) is 0.811. The molecule has 0 saturated carbocycles. The number of hydrogen-bond donors (Lipinski definition) is 0. The van der Waals surface area contributed by atoms with Gasteiger partial charge in [-0.15, -0.1) is 0 Å². The van der Waals surface area contributed by atoms with E-state index in [1.54, 1.807) is 16.4 Å². The van der Waals surface area contributed by atoms with Gasteiger partial charge in [0.15, 0.2) is 0 Å². The molecule has 4 rings (SSSR count). The third-order valence-electron chi connectivity index (χ3n) is 5.93. The first-order valence-electron chi connectivity index (χ1n) is 9.88. The fourth-order valence-corrected chi connectivity index (χ4v) is 5.91. The van der Waals surface area contributed by atoms with Crippen molar-refractivity contribution in [1.82, 2.24) is 9.21 Å². The van der Waals surface area contributed by atoms with Crippen LogP contribution in [0.15, 0.2) is 53.4 Å². The molecule has 2 aliphatic rings. The third kappa shape index (κ3) is 4.10. The van der Waals surface area contributed by atoms with Crippen molar-refractivity contribution < 1.29 is 8.42 Å². The van der Waals surface area contributed by atoms with Crippen LogP contribution in [-0.4, -0.2) is 43.8 Å². The van der Waals surface area contributed by atoms with Gasteiger partial charge in [0, 0.05) is 32.7 Å². The summed E-state index contributed by atoms with van der Waals surface area (Å²) in [5.41, 5.74) is 3.91. The molecule has 4 nitrogen and oxygen atoms in total. The minimum atomic E-state index is -3.36. The Morgan fingerprint density at radius 1 is 0.963 bits per heavy atom. The number of rotatable bonds is 4. The molecule has 2 aliphatic heterocycles. The van der Waals surface area contributed by atoms with Crippen LogP contribution in [0.5, 0.6) is 0 Å². The summed E-state index contributed by atoms with van der Waals surface area (Å²) in [6.45, 7) is 6.40. The van der Waals surface area contributed by atoms with Crippen molar-refractivity contribution in [1.29, 1.82) is 0 Å². The van der Waals surface area contributed by atoms with Crippen molar-refractivity contribution in [3.8, 4) is 0 Å². The summed E-state index contributed by atoms with van der Waals surface area (Å²) >= 11 is 0. The van der Waals surface area contributed by atoms with E-state index in [1.807, 2.05) is 19.1 Å². The van der Waals surface area contributed by atoms with Crippen molar-refractivity contribution in [3.63, 3.8) is 0 Å². The molecule has 0 bridgehead atoms. The Hall–Kier alpha value is -1.69. The van der Waals surface area contributed by atoms with Gasteiger partial charge in [-0.25, -0.2) is 8.42 Å². The van der Waals surface area contributed by atoms with E-state index in [0.717, 1.165) is 44.5 Å². The summed E-state index contributed by atoms with van der Waals surface area (Å²) in [6.07, 6.45) is 3.02. The minimum Gasteiger partial charge on any atom is -0.298 e. The summed E-state index contributed by atoms with van der Waals surface area (Å²) in [4.78, 5) is 2.96. The van der Waals surface area contributed by atoms with Crippen molar-refractivity contribution in [3.05, 3.63) is 65.2 Å². The Balaban J connectivity index is 1.34. The molecule has 27 heavy (non-hydrogen) atoms. The maximum atomic E-state index is 12.9. The van der Waals surface area contributed by atoms with Crippen LogP contribution in [0, 0.1) is 12.8 Å². The number of piperidine rings is 1. The van der Waals surface area contributed by atoms with Crippen LogP contribution < -0.4 is 0 Å². The van der Waals surface area contributed by atoms with E-state index >= 15 is 0 Å². The second-order valence-electron chi connectivity index (χ2n) is 7.92. The van der Waals surface area contributed by atoms with Crippen molar-refractivity contribution in [2.45, 2.75) is 37.6 Å². The molecule has 1 fully saturated rings. The van der Waals surface area contributed by atoms with Gasteiger partial charge in [0.05, 0.1) is 4.90 Å². The van der Waals surface area contributed by atoms with Crippen molar-refractivity contribution >= 4 is 10.0 Å². The highest BCUT2D eigenvalue weighted by Gasteiger charge is 2.30. The van der Waals surface area contributed by atoms with Crippen LogP contribution in [0.2, 0.25) is 0 Å². The number of fused-ring (bicyclic) bond motifs is 1. The van der Waals surface area contributed by atoms with E-state index in [0.29, 0.717) is 23.9 Å². The molecule has 5 heteroatoms. The number of hydrogen-bond acceptors (Lipinski definition) is 3. The van der Waals surface area contributed by atoms with Crippen LogP contribution in [0.25, 0.3) is 0 Å². The molecule has 144 valence electrons. The molecule has 2 heterocycles. The fourth-order valence-electron chi connectivity index (χ4n) is 4.33. The summed E-state index contributed by atoms with van der Waals surface area (Å²) in [7, 11) is -3.36. The van der Waals surface area contributed by atoms with Gasteiger partial charge in [0.1, 0.15) is 0 Å². The highest BCUT2D eigenvalue weighted by atomic mass is 32.2. The molecule has 0 atom stereocenters. The topological polar surface area (TPSA) is 40.6 Å². The normalized spacial score (nSPS) is 19.7. The second-order valence-corrected chi connectivity index (χ2v) is 9.86. The second kappa shape index (κ2) is 7.74. The minimum absolute atomic E-state index is 0.425. The summed E-state index contributed by atoms with van der Waals surface area (Å²) in [5, 5.41) is 0. The lowest BCUT2D eigenvalue weighted by atomic mass is 9.94. The van der Waals surface area contributed by atoms with Gasteiger partial charge in [0.25, 0.3) is 0 Å². The van der Waals surface area contributed by atoms with Gasteiger partial charge in [-0.3, -0.25) is 4.90 Å². The van der Waals surface area contributed by atoms with E-state index in [9.17, 15) is 8.42 Å². The van der Waals surface area contributed by atoms with Crippen LogP contribution in [0.4, 0.5) is 0 Å². The molecular weight excluding hydrogens is 356 g/mol. The molecule has 2 aromatic carbocycles. The third-order valence-corrected chi connectivity index (χ3v) is 7.82. The Bertz CT molecular complexity index is 902. The smallest absolute Gasteiger partial charge is 0.243 e. The van der Waals surface area contributed by atoms with Gasteiger partial charge in [-0.05, 0) is 60.9 Å². The van der Waals surface area contributed by atoms with Crippen LogP contribution >= 0.6 is 0 Å². The van der Waals surface area contributed by atoms with Gasteiger partial charge in [-0.2, -0.15) is 4.31 Å². The molecule has 2 aromatic rings. The fraction of sp³-hybridized carbons (Fsp3) is 0.455. The molecule has 0 spiro atoms. The van der Waals surface area contributed by atoms with Crippen LogP contribution in [0.1, 0.15) is 29.5 Å². The first-order valence-corrected chi connectivity index (χ1v) is 11.3. The van der Waals surface area contributed by atoms with E-state index in [2.05, 4.69) is 29.2 Å². The van der Waals surface area contributed by atoms with Gasteiger partial charge < -0.3 is 0 Å². The van der Waals surface area contributed by atoms with E-state index in [-0.39, 0.29) is 0 Å². The molecule has 0 N–H and O–H groups in total.